The van der Waals surface area contributed by atoms with Crippen molar-refractivity contribution < 1.29 is 4.74 Å². The first-order valence-corrected chi connectivity index (χ1v) is 7.41. The van der Waals surface area contributed by atoms with Crippen LogP contribution in [0.4, 0.5) is 0 Å². The van der Waals surface area contributed by atoms with Gasteiger partial charge in [-0.2, -0.15) is 0 Å². The third-order valence-corrected chi connectivity index (χ3v) is 3.73. The highest BCUT2D eigenvalue weighted by Gasteiger charge is 2.17. The first-order valence-electron chi connectivity index (χ1n) is 7.41. The van der Waals surface area contributed by atoms with Gasteiger partial charge in [0.15, 0.2) is 0 Å². The maximum absolute atomic E-state index is 5.50. The zero-order chi connectivity index (χ0) is 13.7. The number of rotatable bonds is 6. The Balaban J connectivity index is 2.30. The van der Waals surface area contributed by atoms with Crippen LogP contribution in [0.25, 0.3) is 6.08 Å². The lowest BCUT2D eigenvalue weighted by Gasteiger charge is -2.30. The first kappa shape index (κ1) is 14.0. The van der Waals surface area contributed by atoms with Crippen molar-refractivity contribution in [1.82, 2.24) is 4.90 Å². The van der Waals surface area contributed by atoms with Crippen molar-refractivity contribution >= 4 is 6.08 Å². The van der Waals surface area contributed by atoms with Gasteiger partial charge in [-0.1, -0.05) is 26.0 Å². The molecular weight excluding hydrogens is 234 g/mol. The molecule has 104 valence electrons. The average molecular weight is 259 g/mol. The second kappa shape index (κ2) is 6.65. The second-order valence-electron chi connectivity index (χ2n) is 5.16. The minimum Gasteiger partial charge on any atom is -0.496 e. The van der Waals surface area contributed by atoms with Crippen LogP contribution < -0.4 is 4.74 Å². The number of aryl methyl sites for hydroxylation is 1. The molecule has 0 saturated carbocycles. The van der Waals surface area contributed by atoms with Gasteiger partial charge in [0.05, 0.1) is 7.11 Å². The molecule has 0 aliphatic heterocycles. The summed E-state index contributed by atoms with van der Waals surface area (Å²) in [6.45, 7) is 6.81. The molecule has 1 aromatic rings. The molecule has 0 unspecified atom stereocenters. The van der Waals surface area contributed by atoms with E-state index in [0.717, 1.165) is 31.7 Å². The monoisotopic (exact) mass is 259 g/mol. The summed E-state index contributed by atoms with van der Waals surface area (Å²) < 4.78 is 5.50. The number of fused-ring (bicyclic) bond motifs is 1. The maximum Gasteiger partial charge on any atom is 0.126 e. The molecule has 1 aliphatic carbocycles. The third-order valence-electron chi connectivity index (χ3n) is 3.73. The number of methoxy groups -OCH3 is 1. The minimum atomic E-state index is 1.00. The fourth-order valence-corrected chi connectivity index (χ4v) is 2.84. The van der Waals surface area contributed by atoms with E-state index in [0.29, 0.717) is 0 Å². The van der Waals surface area contributed by atoms with E-state index < -0.39 is 0 Å². The van der Waals surface area contributed by atoms with Crippen molar-refractivity contribution in [3.8, 4) is 5.75 Å². The molecule has 0 spiro atoms. The van der Waals surface area contributed by atoms with Crippen LogP contribution in [0.15, 0.2) is 23.9 Å². The molecule has 1 aromatic carbocycles. The molecule has 0 bridgehead atoms. The summed E-state index contributed by atoms with van der Waals surface area (Å²) in [6, 6.07) is 6.36. The summed E-state index contributed by atoms with van der Waals surface area (Å²) >= 11 is 0. The SMILES string of the molecule is CCCN(CCC)C1=Cc2c(cccc2OC)CC1. The Labute approximate surface area is 117 Å². The summed E-state index contributed by atoms with van der Waals surface area (Å²) in [5.74, 6) is 1.00. The second-order valence-corrected chi connectivity index (χ2v) is 5.16. The number of ether oxygens (including phenoxy) is 1. The molecule has 0 saturated heterocycles. The van der Waals surface area contributed by atoms with E-state index in [1.165, 1.54) is 29.7 Å². The first-order chi connectivity index (χ1) is 9.30. The van der Waals surface area contributed by atoms with Crippen molar-refractivity contribution in [2.24, 2.45) is 0 Å². The topological polar surface area (TPSA) is 12.5 Å². The van der Waals surface area contributed by atoms with E-state index in [9.17, 15) is 0 Å². The van der Waals surface area contributed by atoms with Gasteiger partial charge in [0.25, 0.3) is 0 Å². The Morgan fingerprint density at radius 1 is 1.11 bits per heavy atom. The van der Waals surface area contributed by atoms with Crippen LogP contribution in [-0.2, 0) is 6.42 Å². The molecule has 2 heteroatoms. The standard InChI is InChI=1S/C17H25NO/c1-4-11-18(12-5-2)15-10-9-14-7-6-8-17(19-3)16(14)13-15/h6-8,13H,4-5,9-12H2,1-3H3. The molecular formula is C17H25NO. The van der Waals surface area contributed by atoms with Crippen LogP contribution >= 0.6 is 0 Å². The molecule has 2 nitrogen and oxygen atoms in total. The number of nitrogens with zero attached hydrogens (tertiary/aromatic N) is 1. The number of hydrogen-bond donors (Lipinski definition) is 0. The van der Waals surface area contributed by atoms with Crippen molar-refractivity contribution in [1.29, 1.82) is 0 Å². The highest BCUT2D eigenvalue weighted by molar-refractivity contribution is 5.65. The molecule has 1 aliphatic rings. The van der Waals surface area contributed by atoms with Crippen molar-refractivity contribution in [3.63, 3.8) is 0 Å². The predicted molar refractivity (Wildman–Crippen MR) is 81.4 cm³/mol. The summed E-state index contributed by atoms with van der Waals surface area (Å²) in [5.41, 5.74) is 4.17. The van der Waals surface area contributed by atoms with Gasteiger partial charge in [-0.05, 0) is 43.4 Å². The molecule has 0 fully saturated rings. The summed E-state index contributed by atoms with van der Waals surface area (Å²) in [4.78, 5) is 2.54. The number of allylic oxidation sites excluding steroid dienone is 1. The van der Waals surface area contributed by atoms with E-state index in [1.54, 1.807) is 7.11 Å². The van der Waals surface area contributed by atoms with Gasteiger partial charge < -0.3 is 9.64 Å². The van der Waals surface area contributed by atoms with Crippen molar-refractivity contribution in [2.75, 3.05) is 20.2 Å². The maximum atomic E-state index is 5.50. The van der Waals surface area contributed by atoms with E-state index >= 15 is 0 Å². The van der Waals surface area contributed by atoms with Crippen LogP contribution in [0.5, 0.6) is 5.75 Å². The molecule has 0 radical (unpaired) electrons. The van der Waals surface area contributed by atoms with E-state index in [2.05, 4.69) is 43.0 Å². The lowest BCUT2D eigenvalue weighted by Crippen LogP contribution is -2.26. The van der Waals surface area contributed by atoms with Gasteiger partial charge in [0.1, 0.15) is 5.75 Å². The number of benzene rings is 1. The largest absolute Gasteiger partial charge is 0.496 e. The Bertz CT molecular complexity index is 445. The van der Waals surface area contributed by atoms with E-state index in [4.69, 9.17) is 4.74 Å². The Kier molecular flexibility index (Phi) is 4.89. The molecule has 0 aromatic heterocycles. The Morgan fingerprint density at radius 3 is 2.47 bits per heavy atom. The van der Waals surface area contributed by atoms with Crippen LogP contribution in [0.1, 0.15) is 44.2 Å². The molecule has 0 heterocycles. The van der Waals surface area contributed by atoms with Gasteiger partial charge in [-0.3, -0.25) is 0 Å². The Hall–Kier alpha value is -1.44. The number of hydrogen-bond acceptors (Lipinski definition) is 2. The Morgan fingerprint density at radius 2 is 1.84 bits per heavy atom. The molecule has 19 heavy (non-hydrogen) atoms. The van der Waals surface area contributed by atoms with Gasteiger partial charge in [-0.25, -0.2) is 0 Å². The summed E-state index contributed by atoms with van der Waals surface area (Å²) in [7, 11) is 1.76. The fraction of sp³-hybridized carbons (Fsp3) is 0.529. The lowest BCUT2D eigenvalue weighted by atomic mass is 9.94. The predicted octanol–water partition coefficient (Wildman–Crippen LogP) is 4.10. The lowest BCUT2D eigenvalue weighted by molar-refractivity contribution is 0.334. The summed E-state index contributed by atoms with van der Waals surface area (Å²) in [5, 5.41) is 0. The van der Waals surface area contributed by atoms with Crippen LogP contribution in [0, 0.1) is 0 Å². The van der Waals surface area contributed by atoms with Crippen LogP contribution in [0.3, 0.4) is 0 Å². The van der Waals surface area contributed by atoms with E-state index in [-0.39, 0.29) is 0 Å². The van der Waals surface area contributed by atoms with Gasteiger partial charge in [-0.15, -0.1) is 0 Å². The van der Waals surface area contributed by atoms with Gasteiger partial charge in [0.2, 0.25) is 0 Å². The third kappa shape index (κ3) is 3.12. The molecule has 2 rings (SSSR count). The van der Waals surface area contributed by atoms with Crippen LogP contribution in [0.2, 0.25) is 0 Å². The van der Waals surface area contributed by atoms with Crippen molar-refractivity contribution in [3.05, 3.63) is 35.0 Å². The normalized spacial score (nSPS) is 13.7. The average Bonchev–Trinajstić information content (AvgIpc) is 2.46. The van der Waals surface area contributed by atoms with Gasteiger partial charge >= 0.3 is 0 Å². The highest BCUT2D eigenvalue weighted by atomic mass is 16.5. The van der Waals surface area contributed by atoms with E-state index in [1.807, 2.05) is 0 Å². The van der Waals surface area contributed by atoms with Gasteiger partial charge in [0, 0.05) is 24.4 Å². The highest BCUT2D eigenvalue weighted by Crippen LogP contribution is 2.32. The fourth-order valence-electron chi connectivity index (χ4n) is 2.84. The molecule has 0 amide bonds. The quantitative estimate of drug-likeness (QED) is 0.762. The molecule has 0 N–H and O–H groups in total. The zero-order valence-electron chi connectivity index (χ0n) is 12.4. The van der Waals surface area contributed by atoms with Crippen molar-refractivity contribution in [2.45, 2.75) is 39.5 Å². The minimum absolute atomic E-state index is 1.00. The smallest absolute Gasteiger partial charge is 0.126 e. The zero-order valence-corrected chi connectivity index (χ0v) is 12.4. The molecule has 0 atom stereocenters. The summed E-state index contributed by atoms with van der Waals surface area (Å²) in [6.07, 6.45) is 7.03. The van der Waals surface area contributed by atoms with Crippen LogP contribution in [-0.4, -0.2) is 25.1 Å².